The summed E-state index contributed by atoms with van der Waals surface area (Å²) >= 11 is 0. The Kier molecular flexibility index (Phi) is 5.79. The first-order chi connectivity index (χ1) is 8.91. The van der Waals surface area contributed by atoms with Gasteiger partial charge in [0.05, 0.1) is 11.3 Å². The fraction of sp³-hybridized carbons (Fsp3) is 0.857. The number of rotatable bonds is 7. The van der Waals surface area contributed by atoms with Crippen molar-refractivity contribution < 1.29 is 14.7 Å². The molecule has 1 atom stereocenters. The van der Waals surface area contributed by atoms with E-state index in [4.69, 9.17) is 5.73 Å². The average Bonchev–Trinajstić information content (AvgIpc) is 2.82. The van der Waals surface area contributed by atoms with Gasteiger partial charge in [-0.3, -0.25) is 9.59 Å². The Morgan fingerprint density at radius 1 is 1.32 bits per heavy atom. The lowest BCUT2D eigenvalue weighted by molar-refractivity contribution is -0.148. The van der Waals surface area contributed by atoms with Gasteiger partial charge in [-0.05, 0) is 25.2 Å². The molecule has 0 aromatic carbocycles. The first-order valence-corrected chi connectivity index (χ1v) is 7.12. The topological polar surface area (TPSA) is 92.4 Å². The van der Waals surface area contributed by atoms with Gasteiger partial charge >= 0.3 is 5.97 Å². The second-order valence-corrected chi connectivity index (χ2v) is 6.07. The number of aliphatic carboxylic acids is 1. The number of hydrogen-bond acceptors (Lipinski definition) is 3. The third-order valence-electron chi connectivity index (χ3n) is 4.03. The van der Waals surface area contributed by atoms with Crippen LogP contribution in [0.4, 0.5) is 0 Å². The van der Waals surface area contributed by atoms with Crippen LogP contribution in [0.15, 0.2) is 0 Å². The van der Waals surface area contributed by atoms with E-state index in [1.54, 1.807) is 0 Å². The highest BCUT2D eigenvalue weighted by molar-refractivity contribution is 5.81. The van der Waals surface area contributed by atoms with E-state index in [0.717, 1.165) is 19.3 Å². The maximum absolute atomic E-state index is 12.0. The van der Waals surface area contributed by atoms with Crippen molar-refractivity contribution in [1.82, 2.24) is 5.32 Å². The highest BCUT2D eigenvalue weighted by Gasteiger charge is 2.41. The lowest BCUT2D eigenvalue weighted by Crippen LogP contribution is -2.44. The molecule has 1 fully saturated rings. The minimum atomic E-state index is -0.793. The van der Waals surface area contributed by atoms with Gasteiger partial charge < -0.3 is 16.2 Å². The monoisotopic (exact) mass is 270 g/mol. The third-order valence-corrected chi connectivity index (χ3v) is 4.03. The number of nitrogens with one attached hydrogen (secondary N) is 1. The van der Waals surface area contributed by atoms with Gasteiger partial charge in [0.2, 0.25) is 5.91 Å². The predicted molar refractivity (Wildman–Crippen MR) is 73.5 cm³/mol. The van der Waals surface area contributed by atoms with Crippen LogP contribution in [0.3, 0.4) is 0 Å². The number of carbonyl (C=O) groups is 2. The van der Waals surface area contributed by atoms with E-state index in [9.17, 15) is 14.7 Å². The van der Waals surface area contributed by atoms with Gasteiger partial charge in [0.25, 0.3) is 0 Å². The van der Waals surface area contributed by atoms with Gasteiger partial charge in [0, 0.05) is 13.1 Å². The van der Waals surface area contributed by atoms with Crippen molar-refractivity contribution in [3.05, 3.63) is 0 Å². The van der Waals surface area contributed by atoms with Crippen LogP contribution in [0.25, 0.3) is 0 Å². The van der Waals surface area contributed by atoms with Crippen molar-refractivity contribution in [2.45, 2.75) is 46.0 Å². The van der Waals surface area contributed by atoms with Gasteiger partial charge in [-0.25, -0.2) is 0 Å². The van der Waals surface area contributed by atoms with Crippen molar-refractivity contribution in [2.24, 2.45) is 23.0 Å². The van der Waals surface area contributed by atoms with Gasteiger partial charge in [-0.1, -0.05) is 26.7 Å². The molecule has 110 valence electrons. The van der Waals surface area contributed by atoms with E-state index in [2.05, 4.69) is 5.32 Å². The predicted octanol–water partition coefficient (Wildman–Crippen LogP) is 1.37. The quantitative estimate of drug-likeness (QED) is 0.651. The van der Waals surface area contributed by atoms with Gasteiger partial charge in [-0.15, -0.1) is 0 Å². The summed E-state index contributed by atoms with van der Waals surface area (Å²) in [7, 11) is 0. The van der Waals surface area contributed by atoms with Crippen LogP contribution < -0.4 is 11.1 Å². The van der Waals surface area contributed by atoms with E-state index in [1.165, 1.54) is 0 Å². The molecule has 0 spiro atoms. The Labute approximate surface area is 114 Å². The maximum Gasteiger partial charge on any atom is 0.311 e. The minimum absolute atomic E-state index is 0.108. The van der Waals surface area contributed by atoms with E-state index in [-0.39, 0.29) is 18.4 Å². The molecule has 1 rings (SSSR count). The summed E-state index contributed by atoms with van der Waals surface area (Å²) in [6.07, 6.45) is 3.89. The number of carboxylic acid groups (broad SMARTS) is 1. The summed E-state index contributed by atoms with van der Waals surface area (Å²) in [5, 5.41) is 12.1. The molecule has 1 amide bonds. The number of carbonyl (C=O) groups excluding carboxylic acids is 1. The van der Waals surface area contributed by atoms with Gasteiger partial charge in [0.1, 0.15) is 0 Å². The lowest BCUT2D eigenvalue weighted by atomic mass is 9.86. The molecule has 0 aromatic heterocycles. The van der Waals surface area contributed by atoms with Crippen LogP contribution in [0.5, 0.6) is 0 Å². The Balaban J connectivity index is 2.54. The first-order valence-electron chi connectivity index (χ1n) is 7.12. The highest BCUT2D eigenvalue weighted by Crippen LogP contribution is 2.37. The minimum Gasteiger partial charge on any atom is -0.481 e. The molecule has 4 N–H and O–H groups in total. The smallest absolute Gasteiger partial charge is 0.311 e. The Morgan fingerprint density at radius 2 is 1.89 bits per heavy atom. The van der Waals surface area contributed by atoms with Crippen LogP contribution in [-0.4, -0.2) is 30.1 Å². The van der Waals surface area contributed by atoms with Crippen LogP contribution in [0, 0.1) is 17.3 Å². The molecular formula is C14H26N2O3. The van der Waals surface area contributed by atoms with Crippen LogP contribution in [-0.2, 0) is 9.59 Å². The van der Waals surface area contributed by atoms with Crippen molar-refractivity contribution in [3.63, 3.8) is 0 Å². The molecule has 19 heavy (non-hydrogen) atoms. The summed E-state index contributed by atoms with van der Waals surface area (Å²) in [4.78, 5) is 23.4. The zero-order valence-electron chi connectivity index (χ0n) is 11.9. The molecule has 5 heteroatoms. The van der Waals surface area contributed by atoms with E-state index >= 15 is 0 Å². The molecule has 5 nitrogen and oxygen atoms in total. The van der Waals surface area contributed by atoms with Gasteiger partial charge in [0.15, 0.2) is 0 Å². The number of hydrogen-bond donors (Lipinski definition) is 3. The number of carboxylic acids is 1. The van der Waals surface area contributed by atoms with Crippen molar-refractivity contribution >= 4 is 11.9 Å². The normalized spacial score (nSPS) is 19.4. The molecule has 0 bridgehead atoms. The molecule has 1 aliphatic rings. The van der Waals surface area contributed by atoms with Crippen molar-refractivity contribution in [3.8, 4) is 0 Å². The fourth-order valence-electron chi connectivity index (χ4n) is 2.80. The van der Waals surface area contributed by atoms with Crippen molar-refractivity contribution in [2.75, 3.05) is 13.1 Å². The van der Waals surface area contributed by atoms with Crippen LogP contribution >= 0.6 is 0 Å². The number of nitrogens with two attached hydrogens (primary N) is 1. The Morgan fingerprint density at radius 3 is 2.32 bits per heavy atom. The lowest BCUT2D eigenvalue weighted by Gasteiger charge is -2.25. The molecule has 0 aromatic rings. The van der Waals surface area contributed by atoms with E-state index in [0.29, 0.717) is 25.3 Å². The molecule has 0 radical (unpaired) electrons. The second-order valence-electron chi connectivity index (χ2n) is 6.07. The summed E-state index contributed by atoms with van der Waals surface area (Å²) in [6.45, 7) is 4.64. The summed E-state index contributed by atoms with van der Waals surface area (Å²) < 4.78 is 0. The Bertz CT molecular complexity index is 323. The molecule has 0 aliphatic heterocycles. The molecule has 0 saturated heterocycles. The molecule has 0 heterocycles. The SMILES string of the molecule is CC(C)CC(CN)C(=O)NCC1(C(=O)O)CCCC1. The summed E-state index contributed by atoms with van der Waals surface area (Å²) in [6, 6.07) is 0. The fourth-order valence-corrected chi connectivity index (χ4v) is 2.80. The summed E-state index contributed by atoms with van der Waals surface area (Å²) in [5.41, 5.74) is 4.86. The van der Waals surface area contributed by atoms with Gasteiger partial charge in [-0.2, -0.15) is 0 Å². The largest absolute Gasteiger partial charge is 0.481 e. The van der Waals surface area contributed by atoms with E-state index in [1.807, 2.05) is 13.8 Å². The standard InChI is InChI=1S/C14H26N2O3/c1-10(2)7-11(8-15)12(17)16-9-14(13(18)19)5-3-4-6-14/h10-11H,3-9,15H2,1-2H3,(H,16,17)(H,18,19). The maximum atomic E-state index is 12.0. The van der Waals surface area contributed by atoms with E-state index < -0.39 is 11.4 Å². The van der Waals surface area contributed by atoms with Crippen LogP contribution in [0.1, 0.15) is 46.0 Å². The third kappa shape index (κ3) is 4.20. The Hall–Kier alpha value is -1.10. The summed E-state index contributed by atoms with van der Waals surface area (Å²) in [5.74, 6) is -0.714. The molecular weight excluding hydrogens is 244 g/mol. The molecule has 1 unspecified atom stereocenters. The highest BCUT2D eigenvalue weighted by atomic mass is 16.4. The average molecular weight is 270 g/mol. The number of amides is 1. The van der Waals surface area contributed by atoms with Crippen LogP contribution in [0.2, 0.25) is 0 Å². The molecule has 1 saturated carbocycles. The molecule has 1 aliphatic carbocycles. The zero-order valence-corrected chi connectivity index (χ0v) is 11.9. The second kappa shape index (κ2) is 6.89. The first kappa shape index (κ1) is 16.0. The van der Waals surface area contributed by atoms with Crippen molar-refractivity contribution in [1.29, 1.82) is 0 Å². The zero-order chi connectivity index (χ0) is 14.5.